The lowest BCUT2D eigenvalue weighted by Gasteiger charge is -2.06. The van der Waals surface area contributed by atoms with Crippen LogP contribution in [0.25, 0.3) is 0 Å². The molecule has 0 unspecified atom stereocenters. The van der Waals surface area contributed by atoms with Crippen LogP contribution in [-0.2, 0) is 6.42 Å². The zero-order chi connectivity index (χ0) is 16.6. The fourth-order valence-electron chi connectivity index (χ4n) is 2.49. The largest absolute Gasteiger partial charge is 0.155 e. The van der Waals surface area contributed by atoms with Crippen molar-refractivity contribution in [1.82, 2.24) is 0 Å². The first-order chi connectivity index (χ1) is 11.8. The van der Waals surface area contributed by atoms with Crippen molar-refractivity contribution in [2.75, 3.05) is 0 Å². The molecule has 0 saturated heterocycles. The van der Waals surface area contributed by atoms with E-state index in [1.54, 1.807) is 0 Å². The maximum Gasteiger partial charge on any atom is 0.0746 e. The second-order valence-corrected chi connectivity index (χ2v) is 5.63. The zero-order valence-electron chi connectivity index (χ0n) is 13.8. The van der Waals surface area contributed by atoms with E-state index in [1.807, 2.05) is 61.5 Å². The molecule has 3 rings (SSSR count). The molecule has 0 bridgehead atoms. The summed E-state index contributed by atoms with van der Waals surface area (Å²) >= 11 is 0. The molecule has 0 aliphatic heterocycles. The Morgan fingerprint density at radius 2 is 1.12 bits per heavy atom. The van der Waals surface area contributed by atoms with Crippen molar-refractivity contribution in [2.24, 2.45) is 10.2 Å². The second kappa shape index (κ2) is 8.02. The molecule has 118 valence electrons. The molecule has 0 amide bonds. The lowest BCUT2D eigenvalue weighted by molar-refractivity contribution is 1.18. The van der Waals surface area contributed by atoms with Gasteiger partial charge >= 0.3 is 0 Å². The van der Waals surface area contributed by atoms with Crippen molar-refractivity contribution in [3.63, 3.8) is 0 Å². The van der Waals surface area contributed by atoms with Gasteiger partial charge in [-0.2, -0.15) is 10.2 Å². The first-order valence-corrected chi connectivity index (χ1v) is 8.09. The molecule has 0 atom stereocenters. The van der Waals surface area contributed by atoms with Crippen LogP contribution in [-0.4, -0.2) is 11.4 Å². The van der Waals surface area contributed by atoms with Gasteiger partial charge in [0.1, 0.15) is 0 Å². The van der Waals surface area contributed by atoms with Gasteiger partial charge in [0.15, 0.2) is 0 Å². The summed E-state index contributed by atoms with van der Waals surface area (Å²) in [6.45, 7) is 1.99. The van der Waals surface area contributed by atoms with Gasteiger partial charge in [0.05, 0.1) is 11.4 Å². The fourth-order valence-corrected chi connectivity index (χ4v) is 2.49. The Balaban J connectivity index is 1.92. The van der Waals surface area contributed by atoms with Crippen molar-refractivity contribution in [3.8, 4) is 0 Å². The second-order valence-electron chi connectivity index (χ2n) is 5.63. The molecule has 0 radical (unpaired) electrons. The summed E-state index contributed by atoms with van der Waals surface area (Å²) in [5.74, 6) is 0. The highest BCUT2D eigenvalue weighted by molar-refractivity contribution is 6.03. The molecule has 2 heteroatoms. The molecule has 24 heavy (non-hydrogen) atoms. The van der Waals surface area contributed by atoms with Crippen LogP contribution in [0.4, 0.5) is 0 Å². The van der Waals surface area contributed by atoms with E-state index in [1.165, 1.54) is 5.56 Å². The standard InChI is InChI=1S/C22H20N2/c1-18(20-13-7-3-8-14-20)23-24-22(21-15-9-4-10-16-21)17-19-11-5-2-6-12-19/h2-16H,17H2,1H3/b23-18-,24-22-. The van der Waals surface area contributed by atoms with E-state index >= 15 is 0 Å². The number of hydrogen-bond donors (Lipinski definition) is 0. The first-order valence-electron chi connectivity index (χ1n) is 8.09. The maximum atomic E-state index is 4.57. The van der Waals surface area contributed by atoms with Crippen LogP contribution in [0.5, 0.6) is 0 Å². The van der Waals surface area contributed by atoms with Crippen LogP contribution in [0, 0.1) is 0 Å². The lowest BCUT2D eigenvalue weighted by atomic mass is 10.0. The first kappa shape index (κ1) is 15.9. The van der Waals surface area contributed by atoms with Gasteiger partial charge in [0.2, 0.25) is 0 Å². The van der Waals surface area contributed by atoms with Gasteiger partial charge in [-0.15, -0.1) is 0 Å². The Bertz CT molecular complexity index is 820. The van der Waals surface area contributed by atoms with Crippen LogP contribution in [0.1, 0.15) is 23.6 Å². The van der Waals surface area contributed by atoms with E-state index in [-0.39, 0.29) is 0 Å². The number of benzene rings is 3. The Morgan fingerprint density at radius 1 is 0.625 bits per heavy atom. The third kappa shape index (κ3) is 4.26. The van der Waals surface area contributed by atoms with Gasteiger partial charge in [0.25, 0.3) is 0 Å². The predicted octanol–water partition coefficient (Wildman–Crippen LogP) is 5.14. The molecule has 0 aromatic heterocycles. The van der Waals surface area contributed by atoms with Crippen LogP contribution in [0.3, 0.4) is 0 Å². The van der Waals surface area contributed by atoms with E-state index in [0.29, 0.717) is 0 Å². The van der Waals surface area contributed by atoms with Gasteiger partial charge in [-0.05, 0) is 23.6 Å². The highest BCUT2D eigenvalue weighted by Gasteiger charge is 2.05. The van der Waals surface area contributed by atoms with Crippen molar-refractivity contribution in [3.05, 3.63) is 108 Å². The summed E-state index contributed by atoms with van der Waals surface area (Å²) < 4.78 is 0. The Hall–Kier alpha value is -3.00. The third-order valence-corrected chi connectivity index (χ3v) is 3.83. The molecule has 3 aromatic rings. The third-order valence-electron chi connectivity index (χ3n) is 3.83. The topological polar surface area (TPSA) is 24.7 Å². The lowest BCUT2D eigenvalue weighted by Crippen LogP contribution is -2.05. The Kier molecular flexibility index (Phi) is 5.31. The number of hydrogen-bond acceptors (Lipinski definition) is 2. The molecule has 0 N–H and O–H groups in total. The van der Waals surface area contributed by atoms with Crippen LogP contribution < -0.4 is 0 Å². The smallest absolute Gasteiger partial charge is 0.0746 e. The molecule has 0 aliphatic carbocycles. The van der Waals surface area contributed by atoms with E-state index in [9.17, 15) is 0 Å². The normalized spacial score (nSPS) is 12.2. The maximum absolute atomic E-state index is 4.57. The highest BCUT2D eigenvalue weighted by atomic mass is 15.2. The van der Waals surface area contributed by atoms with Crippen LogP contribution in [0.2, 0.25) is 0 Å². The van der Waals surface area contributed by atoms with E-state index in [0.717, 1.165) is 29.0 Å². The van der Waals surface area contributed by atoms with E-state index in [4.69, 9.17) is 0 Å². The summed E-state index contributed by atoms with van der Waals surface area (Å²) in [7, 11) is 0. The van der Waals surface area contributed by atoms with Gasteiger partial charge in [-0.1, -0.05) is 91.0 Å². The fraction of sp³-hybridized carbons (Fsp3) is 0.0909. The number of nitrogens with zero attached hydrogens (tertiary/aromatic N) is 2. The average molecular weight is 312 g/mol. The van der Waals surface area contributed by atoms with Crippen molar-refractivity contribution in [1.29, 1.82) is 0 Å². The minimum absolute atomic E-state index is 0.760. The summed E-state index contributed by atoms with van der Waals surface area (Å²) in [5, 5.41) is 9.04. The molecule has 2 nitrogen and oxygen atoms in total. The Labute approximate surface area is 143 Å². The minimum Gasteiger partial charge on any atom is -0.155 e. The molecular formula is C22H20N2. The van der Waals surface area contributed by atoms with E-state index in [2.05, 4.69) is 46.6 Å². The van der Waals surface area contributed by atoms with Crippen molar-refractivity contribution in [2.45, 2.75) is 13.3 Å². The molecule has 0 spiro atoms. The monoisotopic (exact) mass is 312 g/mol. The molecule has 0 fully saturated rings. The highest BCUT2D eigenvalue weighted by Crippen LogP contribution is 2.10. The van der Waals surface area contributed by atoms with Crippen molar-refractivity contribution < 1.29 is 0 Å². The molecule has 0 saturated carbocycles. The van der Waals surface area contributed by atoms with Gasteiger partial charge in [-0.3, -0.25) is 0 Å². The summed E-state index contributed by atoms with van der Waals surface area (Å²) in [6.07, 6.45) is 0.760. The predicted molar refractivity (Wildman–Crippen MR) is 102 cm³/mol. The molecule has 0 heterocycles. The summed E-state index contributed by atoms with van der Waals surface area (Å²) in [6, 6.07) is 30.7. The average Bonchev–Trinajstić information content (AvgIpc) is 2.67. The van der Waals surface area contributed by atoms with Gasteiger partial charge in [-0.25, -0.2) is 0 Å². The Morgan fingerprint density at radius 3 is 1.71 bits per heavy atom. The van der Waals surface area contributed by atoms with Gasteiger partial charge in [0, 0.05) is 6.42 Å². The van der Waals surface area contributed by atoms with Crippen LogP contribution in [0.15, 0.2) is 101 Å². The molecule has 0 aliphatic rings. The SMILES string of the molecule is C/C(=N/N=C(/Cc1ccccc1)c1ccccc1)c1ccccc1. The van der Waals surface area contributed by atoms with Gasteiger partial charge < -0.3 is 0 Å². The number of rotatable bonds is 5. The summed E-state index contributed by atoms with van der Waals surface area (Å²) in [4.78, 5) is 0. The minimum atomic E-state index is 0.760. The van der Waals surface area contributed by atoms with Crippen molar-refractivity contribution >= 4 is 11.4 Å². The zero-order valence-corrected chi connectivity index (χ0v) is 13.8. The quantitative estimate of drug-likeness (QED) is 0.460. The molecule has 3 aromatic carbocycles. The van der Waals surface area contributed by atoms with Crippen LogP contribution >= 0.6 is 0 Å². The van der Waals surface area contributed by atoms with E-state index < -0.39 is 0 Å². The summed E-state index contributed by atoms with van der Waals surface area (Å²) in [5.41, 5.74) is 5.31. The molecular weight excluding hydrogens is 292 g/mol.